The van der Waals surface area contributed by atoms with Crippen LogP contribution in [0.5, 0.6) is 0 Å². The van der Waals surface area contributed by atoms with Crippen LogP contribution in [0.15, 0.2) is 0 Å². The number of rotatable bonds is 8. The van der Waals surface area contributed by atoms with Gasteiger partial charge in [0.05, 0.1) is 11.2 Å². The molecule has 0 aromatic rings. The largest absolute Gasteiger partial charge is 0.481 e. The number of thioether (sulfide) groups is 1. The van der Waals surface area contributed by atoms with E-state index >= 15 is 0 Å². The second-order valence-corrected chi connectivity index (χ2v) is 6.63. The van der Waals surface area contributed by atoms with Crippen LogP contribution in [0.3, 0.4) is 0 Å². The van der Waals surface area contributed by atoms with Crippen molar-refractivity contribution in [1.82, 2.24) is 4.90 Å². The van der Waals surface area contributed by atoms with Crippen molar-refractivity contribution in [3.8, 4) is 0 Å². The second kappa shape index (κ2) is 8.26. The smallest absolute Gasteiger partial charge is 0.311 e. The highest BCUT2D eigenvalue weighted by Gasteiger charge is 2.42. The molecule has 1 unspecified atom stereocenters. The van der Waals surface area contributed by atoms with Gasteiger partial charge in [-0.25, -0.2) is 0 Å². The molecule has 1 aliphatic rings. The monoisotopic (exact) mass is 316 g/mol. The first-order valence-electron chi connectivity index (χ1n) is 7.28. The van der Waals surface area contributed by atoms with Crippen molar-refractivity contribution in [2.75, 3.05) is 24.6 Å². The second-order valence-electron chi connectivity index (χ2n) is 5.52. The standard InChI is InChI=1S/C14H24N2O4S/c1-2-5-14(13(19)20)6-3-7-16(10-14)12(18)4-8-21-9-11(15)17/h2-10H2,1H3,(H2,15,17)(H,19,20). The highest BCUT2D eigenvalue weighted by atomic mass is 32.2. The molecular weight excluding hydrogens is 292 g/mol. The number of nitrogens with zero attached hydrogens (tertiary/aromatic N) is 1. The molecule has 21 heavy (non-hydrogen) atoms. The number of carboxylic acid groups (broad SMARTS) is 1. The molecule has 0 aromatic heterocycles. The third-order valence-corrected chi connectivity index (χ3v) is 4.80. The lowest BCUT2D eigenvalue weighted by molar-refractivity contribution is -0.155. The van der Waals surface area contributed by atoms with Crippen LogP contribution < -0.4 is 5.73 Å². The minimum absolute atomic E-state index is 0.0339. The Bertz CT molecular complexity index is 398. The fourth-order valence-electron chi connectivity index (χ4n) is 2.80. The maximum Gasteiger partial charge on any atom is 0.311 e. The van der Waals surface area contributed by atoms with Crippen LogP contribution >= 0.6 is 11.8 Å². The molecule has 0 bridgehead atoms. The van der Waals surface area contributed by atoms with Crippen molar-refractivity contribution in [1.29, 1.82) is 0 Å². The number of primary amides is 1. The van der Waals surface area contributed by atoms with E-state index in [4.69, 9.17) is 5.73 Å². The lowest BCUT2D eigenvalue weighted by Crippen LogP contribution is -2.50. The van der Waals surface area contributed by atoms with Crippen LogP contribution in [0.2, 0.25) is 0 Å². The Morgan fingerprint density at radius 1 is 1.38 bits per heavy atom. The van der Waals surface area contributed by atoms with E-state index < -0.39 is 17.3 Å². The zero-order chi connectivity index (χ0) is 15.9. The number of likely N-dealkylation sites (tertiary alicyclic amines) is 1. The minimum atomic E-state index is -0.801. The van der Waals surface area contributed by atoms with Gasteiger partial charge in [0.25, 0.3) is 0 Å². The maximum atomic E-state index is 12.2. The molecule has 0 saturated carbocycles. The average molecular weight is 316 g/mol. The van der Waals surface area contributed by atoms with E-state index in [0.29, 0.717) is 38.1 Å². The van der Waals surface area contributed by atoms with Crippen molar-refractivity contribution < 1.29 is 19.5 Å². The Morgan fingerprint density at radius 2 is 2.10 bits per heavy atom. The Morgan fingerprint density at radius 3 is 2.67 bits per heavy atom. The molecular formula is C14H24N2O4S. The van der Waals surface area contributed by atoms with E-state index in [-0.39, 0.29) is 11.7 Å². The topological polar surface area (TPSA) is 101 Å². The van der Waals surface area contributed by atoms with Gasteiger partial charge in [-0.2, -0.15) is 11.8 Å². The summed E-state index contributed by atoms with van der Waals surface area (Å²) in [7, 11) is 0. The fraction of sp³-hybridized carbons (Fsp3) is 0.786. The molecule has 3 N–H and O–H groups in total. The molecule has 1 heterocycles. The number of aliphatic carboxylic acids is 1. The predicted octanol–water partition coefficient (Wildman–Crippen LogP) is 1.09. The first kappa shape index (κ1) is 17.8. The van der Waals surface area contributed by atoms with Crippen molar-refractivity contribution in [2.24, 2.45) is 11.1 Å². The number of carbonyl (C=O) groups is 3. The minimum Gasteiger partial charge on any atom is -0.481 e. The van der Waals surface area contributed by atoms with Gasteiger partial charge in [0, 0.05) is 25.3 Å². The summed E-state index contributed by atoms with van der Waals surface area (Å²) in [4.78, 5) is 36.0. The van der Waals surface area contributed by atoms with E-state index in [1.165, 1.54) is 11.8 Å². The summed E-state index contributed by atoms with van der Waals surface area (Å²) in [6, 6.07) is 0. The van der Waals surface area contributed by atoms with E-state index in [9.17, 15) is 19.5 Å². The lowest BCUT2D eigenvalue weighted by atomic mass is 9.76. The van der Waals surface area contributed by atoms with Crippen molar-refractivity contribution in [3.05, 3.63) is 0 Å². The van der Waals surface area contributed by atoms with E-state index in [1.807, 2.05) is 6.92 Å². The van der Waals surface area contributed by atoms with Gasteiger partial charge in [0.15, 0.2) is 0 Å². The Hall–Kier alpha value is -1.24. The summed E-state index contributed by atoms with van der Waals surface area (Å²) in [5.41, 5.74) is 4.25. The average Bonchev–Trinajstić information content (AvgIpc) is 2.43. The first-order chi connectivity index (χ1) is 9.91. The van der Waals surface area contributed by atoms with Gasteiger partial charge >= 0.3 is 5.97 Å². The predicted molar refractivity (Wildman–Crippen MR) is 81.9 cm³/mol. The number of nitrogens with two attached hydrogens (primary N) is 1. The molecule has 0 aromatic carbocycles. The third kappa shape index (κ3) is 5.22. The number of piperidine rings is 1. The summed E-state index contributed by atoms with van der Waals surface area (Å²) in [5.74, 6) is -0.481. The molecule has 1 aliphatic heterocycles. The summed E-state index contributed by atoms with van der Waals surface area (Å²) in [6.07, 6.45) is 3.08. The summed E-state index contributed by atoms with van der Waals surface area (Å²) < 4.78 is 0. The molecule has 7 heteroatoms. The quantitative estimate of drug-likeness (QED) is 0.653. The normalized spacial score (nSPS) is 22.0. The number of hydrogen-bond donors (Lipinski definition) is 2. The Labute approximate surface area is 129 Å². The molecule has 0 aliphatic carbocycles. The number of amides is 2. The van der Waals surface area contributed by atoms with E-state index in [1.54, 1.807) is 4.90 Å². The highest BCUT2D eigenvalue weighted by Crippen LogP contribution is 2.35. The van der Waals surface area contributed by atoms with Crippen LogP contribution in [0.25, 0.3) is 0 Å². The van der Waals surface area contributed by atoms with E-state index in [2.05, 4.69) is 0 Å². The molecule has 0 spiro atoms. The van der Waals surface area contributed by atoms with Gasteiger partial charge in [-0.15, -0.1) is 0 Å². The highest BCUT2D eigenvalue weighted by molar-refractivity contribution is 7.99. The third-order valence-electron chi connectivity index (χ3n) is 3.82. The Kier molecular flexibility index (Phi) is 7.01. The van der Waals surface area contributed by atoms with Gasteiger partial charge in [-0.1, -0.05) is 13.3 Å². The molecule has 6 nitrogen and oxygen atoms in total. The summed E-state index contributed by atoms with van der Waals surface area (Å²) in [5, 5.41) is 9.50. The van der Waals surface area contributed by atoms with Crippen molar-refractivity contribution in [2.45, 2.75) is 39.0 Å². The van der Waals surface area contributed by atoms with Crippen LogP contribution in [-0.2, 0) is 14.4 Å². The van der Waals surface area contributed by atoms with Crippen LogP contribution in [0.1, 0.15) is 39.0 Å². The van der Waals surface area contributed by atoms with Gasteiger partial charge in [-0.3, -0.25) is 14.4 Å². The number of carboxylic acids is 1. The van der Waals surface area contributed by atoms with E-state index in [0.717, 1.165) is 12.8 Å². The first-order valence-corrected chi connectivity index (χ1v) is 8.44. The molecule has 1 saturated heterocycles. The molecule has 2 amide bonds. The molecule has 0 radical (unpaired) electrons. The van der Waals surface area contributed by atoms with Gasteiger partial charge in [0.2, 0.25) is 11.8 Å². The number of carbonyl (C=O) groups excluding carboxylic acids is 2. The van der Waals surface area contributed by atoms with Gasteiger partial charge < -0.3 is 15.7 Å². The zero-order valence-electron chi connectivity index (χ0n) is 12.5. The maximum absolute atomic E-state index is 12.2. The molecule has 1 rings (SSSR count). The van der Waals surface area contributed by atoms with Crippen molar-refractivity contribution in [3.63, 3.8) is 0 Å². The molecule has 1 atom stereocenters. The van der Waals surface area contributed by atoms with Crippen molar-refractivity contribution >= 4 is 29.5 Å². The summed E-state index contributed by atoms with van der Waals surface area (Å²) >= 11 is 1.33. The lowest BCUT2D eigenvalue weighted by Gasteiger charge is -2.40. The Balaban J connectivity index is 2.52. The van der Waals surface area contributed by atoms with Crippen LogP contribution in [0.4, 0.5) is 0 Å². The fourth-order valence-corrected chi connectivity index (χ4v) is 3.46. The zero-order valence-corrected chi connectivity index (χ0v) is 13.3. The number of hydrogen-bond acceptors (Lipinski definition) is 4. The molecule has 1 fully saturated rings. The van der Waals surface area contributed by atoms with Gasteiger partial charge in [-0.05, 0) is 19.3 Å². The SMILES string of the molecule is CCCC1(C(=O)O)CCCN(C(=O)CCSCC(N)=O)C1. The van der Waals surface area contributed by atoms with Crippen LogP contribution in [-0.4, -0.2) is 52.4 Å². The molecule has 120 valence electrons. The van der Waals surface area contributed by atoms with Gasteiger partial charge in [0.1, 0.15) is 0 Å². The summed E-state index contributed by atoms with van der Waals surface area (Å²) in [6.45, 7) is 2.89. The van der Waals surface area contributed by atoms with Crippen LogP contribution in [0, 0.1) is 5.41 Å².